The minimum atomic E-state index is -3.24. The van der Waals surface area contributed by atoms with Gasteiger partial charge in [0.15, 0.2) is 0 Å². The quantitative estimate of drug-likeness (QED) is 0.283. The normalized spacial score (nSPS) is 10.1. The molecule has 0 bridgehead atoms. The molecule has 6 nitrogen and oxygen atoms in total. The number of hydrogen-bond acceptors (Lipinski definition) is 6. The van der Waals surface area contributed by atoms with Crippen molar-refractivity contribution in [2.24, 2.45) is 0 Å². The predicted octanol–water partition coefficient (Wildman–Crippen LogP) is -5.00. The van der Waals surface area contributed by atoms with Crippen molar-refractivity contribution in [3.05, 3.63) is 0 Å². The Morgan fingerprint density at radius 3 is 1.65 bits per heavy atom. The fourth-order valence-electron chi connectivity index (χ4n) is 0.770. The molecule has 0 amide bonds. The third-order valence-corrected chi connectivity index (χ3v) is 2.46. The molecule has 0 saturated heterocycles. The van der Waals surface area contributed by atoms with Crippen LogP contribution >= 0.6 is 16.5 Å². The molecule has 0 rings (SSSR count). The molecule has 0 aromatic rings. The van der Waals surface area contributed by atoms with Crippen LogP contribution in [-0.2, 0) is 13.4 Å². The van der Waals surface area contributed by atoms with E-state index in [9.17, 15) is 18.9 Å². The Morgan fingerprint density at radius 2 is 1.41 bits per heavy atom. The predicted molar refractivity (Wildman–Crippen MR) is 52.1 cm³/mol. The van der Waals surface area contributed by atoms with E-state index in [0.29, 0.717) is 6.61 Å². The molecule has 2 unspecified atom stereocenters. The van der Waals surface area contributed by atoms with E-state index in [-0.39, 0.29) is 103 Å². The van der Waals surface area contributed by atoms with Gasteiger partial charge in [-0.1, -0.05) is 32.6 Å². The van der Waals surface area contributed by atoms with E-state index < -0.39 is 16.5 Å². The molecule has 10 heteroatoms. The molecule has 1 N–H and O–H groups in total. The van der Waals surface area contributed by atoms with Crippen molar-refractivity contribution in [1.82, 2.24) is 0 Å². The van der Waals surface area contributed by atoms with Gasteiger partial charge in [0.2, 0.25) is 0 Å². The van der Waals surface area contributed by atoms with E-state index in [0.717, 1.165) is 6.42 Å². The van der Waals surface area contributed by atoms with E-state index in [1.807, 2.05) is 0 Å². The van der Waals surface area contributed by atoms with Crippen LogP contribution in [0.25, 0.3) is 0 Å². The average molecular weight is 336 g/mol. The van der Waals surface area contributed by atoms with Gasteiger partial charge in [-0.05, 0) is 15.6 Å². The van der Waals surface area contributed by atoms with Crippen LogP contribution in [-0.4, -0.2) is 11.7 Å². The molecular formula is C7H16K2O6P2+2. The van der Waals surface area contributed by atoms with Gasteiger partial charge in [0.05, 0.1) is 0 Å². The Kier molecular flexibility index (Phi) is 40.8. The van der Waals surface area contributed by atoms with Gasteiger partial charge in [0.25, 0.3) is 0 Å². The minimum Gasteiger partial charge on any atom is -0.563 e. The van der Waals surface area contributed by atoms with Gasteiger partial charge in [0.1, 0.15) is 4.31 Å². The van der Waals surface area contributed by atoms with Crippen molar-refractivity contribution in [1.29, 1.82) is 0 Å². The molecule has 0 aliphatic heterocycles. The monoisotopic (exact) mass is 336 g/mol. The van der Waals surface area contributed by atoms with Crippen molar-refractivity contribution < 1.29 is 131 Å². The van der Waals surface area contributed by atoms with Crippen molar-refractivity contribution >= 4 is 16.5 Å². The van der Waals surface area contributed by atoms with E-state index in [1.54, 1.807) is 0 Å². The van der Waals surface area contributed by atoms with Crippen molar-refractivity contribution in [3.8, 4) is 0 Å². The number of aliphatic hydroxyl groups is 1. The zero-order valence-corrected chi connectivity index (χ0v) is 18.7. The smallest absolute Gasteiger partial charge is 0.563 e. The third kappa shape index (κ3) is 38.2. The summed E-state index contributed by atoms with van der Waals surface area (Å²) in [6, 6.07) is 0. The van der Waals surface area contributed by atoms with Crippen molar-refractivity contribution in [2.75, 3.05) is 6.61 Å². The Hall–Kier alpha value is 3.31. The number of unbranched alkanes of at least 4 members (excludes halogenated alkanes) is 4. The van der Waals surface area contributed by atoms with Crippen LogP contribution in [0.1, 0.15) is 39.0 Å². The maximum absolute atomic E-state index is 9.24. The van der Waals surface area contributed by atoms with E-state index in [2.05, 4.69) is 11.2 Å². The summed E-state index contributed by atoms with van der Waals surface area (Å²) in [5.41, 5.74) is 0. The summed E-state index contributed by atoms with van der Waals surface area (Å²) in [6.45, 7) is 2.56. The zero-order valence-electron chi connectivity index (χ0n) is 10.6. The maximum atomic E-state index is 9.24. The summed E-state index contributed by atoms with van der Waals surface area (Å²) in [6.07, 6.45) is 6.08. The molecule has 0 aromatic heterocycles. The average Bonchev–Trinajstić information content (AvgIpc) is 2.11. The Bertz CT molecular complexity index is 166. The van der Waals surface area contributed by atoms with Crippen molar-refractivity contribution in [3.63, 3.8) is 0 Å². The number of hydrogen-bond donors (Lipinski definition) is 1. The van der Waals surface area contributed by atoms with Gasteiger partial charge in [-0.3, -0.25) is 0 Å². The number of rotatable bonds is 7. The van der Waals surface area contributed by atoms with Gasteiger partial charge in [-0.15, -0.1) is 0 Å². The van der Waals surface area contributed by atoms with Gasteiger partial charge in [-0.25, -0.2) is 0 Å². The summed E-state index contributed by atoms with van der Waals surface area (Å²) >= 11 is 0. The van der Waals surface area contributed by atoms with Crippen LogP contribution in [0.3, 0.4) is 0 Å². The summed E-state index contributed by atoms with van der Waals surface area (Å²) in [5, 5.41) is 8.37. The Labute approximate surface area is 189 Å². The second-order valence-corrected chi connectivity index (χ2v) is 4.21. The first-order chi connectivity index (χ1) is 7.04. The minimum absolute atomic E-state index is 0. The zero-order chi connectivity index (χ0) is 12.1. The van der Waals surface area contributed by atoms with Crippen LogP contribution in [0.15, 0.2) is 0 Å². The molecule has 0 aromatic carbocycles. The summed E-state index contributed by atoms with van der Waals surface area (Å²) < 4.78 is 21.6. The second-order valence-electron chi connectivity index (χ2n) is 2.67. The van der Waals surface area contributed by atoms with Crippen LogP contribution in [0.2, 0.25) is 0 Å². The van der Waals surface area contributed by atoms with Crippen LogP contribution in [0.4, 0.5) is 0 Å². The summed E-state index contributed by atoms with van der Waals surface area (Å²) in [7, 11) is -6.47. The molecule has 0 fully saturated rings. The van der Waals surface area contributed by atoms with Crippen LogP contribution in [0, 0.1) is 0 Å². The topological polar surface area (TPSA) is 110 Å². The van der Waals surface area contributed by atoms with Crippen LogP contribution < -0.4 is 113 Å². The summed E-state index contributed by atoms with van der Waals surface area (Å²) in [5.74, 6) is 0. The first kappa shape index (κ1) is 28.5. The first-order valence-electron chi connectivity index (χ1n) is 4.62. The molecule has 90 valence electrons. The third-order valence-electron chi connectivity index (χ3n) is 1.40. The van der Waals surface area contributed by atoms with Gasteiger partial charge in [-0.2, -0.15) is 0 Å². The molecule has 17 heavy (non-hydrogen) atoms. The van der Waals surface area contributed by atoms with Gasteiger partial charge < -0.3 is 14.9 Å². The molecular weight excluding hydrogens is 320 g/mol. The maximum Gasteiger partial charge on any atom is 1.00 e. The number of aliphatic hydroxyl groups excluding tert-OH is 1. The SMILES string of the molecule is CCCCCCCO.O=[P+]([O-])O[P+](=O)[O-].[K+].[K+]. The Balaban J connectivity index is -0.0000000896. The molecule has 0 spiro atoms. The fraction of sp³-hybridized carbons (Fsp3) is 1.00. The summed E-state index contributed by atoms with van der Waals surface area (Å²) in [4.78, 5) is 18.5. The molecule has 0 radical (unpaired) electrons. The molecule has 0 saturated carbocycles. The molecule has 2 atom stereocenters. The van der Waals surface area contributed by atoms with Gasteiger partial charge in [0, 0.05) is 6.61 Å². The Morgan fingerprint density at radius 1 is 1.00 bits per heavy atom. The fourth-order valence-corrected chi connectivity index (χ4v) is 1.21. The largest absolute Gasteiger partial charge is 1.00 e. The molecule has 0 aliphatic rings. The first-order valence-corrected chi connectivity index (χ1v) is 6.81. The standard InChI is InChI=1S/C7H16O.2K.O5P2/c1-2-3-4-5-6-7-8;;;1-6(2)5-7(3)4/h8H,2-7H2,1H3;;;/q;2*+1;. The van der Waals surface area contributed by atoms with Crippen LogP contribution in [0.5, 0.6) is 0 Å². The van der Waals surface area contributed by atoms with Gasteiger partial charge >= 0.3 is 119 Å². The molecule has 0 aliphatic carbocycles. The van der Waals surface area contributed by atoms with E-state index in [4.69, 9.17) is 5.11 Å². The molecule has 0 heterocycles. The second kappa shape index (κ2) is 24.3. The van der Waals surface area contributed by atoms with E-state index in [1.165, 1.54) is 25.7 Å². The van der Waals surface area contributed by atoms with Crippen molar-refractivity contribution in [2.45, 2.75) is 39.0 Å². The van der Waals surface area contributed by atoms with E-state index >= 15 is 0 Å².